The topological polar surface area (TPSA) is 48.1 Å². The molecule has 0 aliphatic rings. The van der Waals surface area contributed by atoms with Crippen LogP contribution in [-0.4, -0.2) is 4.98 Å². The number of aryl methyl sites for hydroxylation is 2. The monoisotopic (exact) mass is 242 g/mol. The molecule has 0 saturated heterocycles. The number of pyridine rings is 1. The maximum atomic E-state index is 5.84. The van der Waals surface area contributed by atoms with Crippen molar-refractivity contribution in [2.24, 2.45) is 5.73 Å². The van der Waals surface area contributed by atoms with Crippen molar-refractivity contribution in [1.29, 1.82) is 0 Å². The molecule has 3 heteroatoms. The summed E-state index contributed by atoms with van der Waals surface area (Å²) in [5.41, 5.74) is 9.31. The number of hydrogen-bond donors (Lipinski definition) is 1. The van der Waals surface area contributed by atoms with Crippen LogP contribution in [0.1, 0.15) is 29.7 Å². The predicted molar refractivity (Wildman–Crippen MR) is 72.8 cm³/mol. The summed E-state index contributed by atoms with van der Waals surface area (Å²) in [7, 11) is 0. The van der Waals surface area contributed by atoms with Gasteiger partial charge in [0.2, 0.25) is 5.88 Å². The van der Waals surface area contributed by atoms with E-state index in [1.165, 1.54) is 11.1 Å². The molecule has 0 aliphatic heterocycles. The number of rotatable bonds is 3. The standard InChI is InChI=1S/C15H18N2O/c1-10-4-5-14(8-11(10)2)18-15-9-13(12(3)16)6-7-17-15/h4-9,12H,16H2,1-3H3/t12-/m1/s1. The van der Waals surface area contributed by atoms with Gasteiger partial charge in [-0.15, -0.1) is 0 Å². The second-order valence-corrected chi connectivity index (χ2v) is 4.56. The second-order valence-electron chi connectivity index (χ2n) is 4.56. The highest BCUT2D eigenvalue weighted by Crippen LogP contribution is 2.23. The Morgan fingerprint density at radius 2 is 1.89 bits per heavy atom. The molecule has 1 aromatic heterocycles. The van der Waals surface area contributed by atoms with Crippen molar-refractivity contribution >= 4 is 0 Å². The van der Waals surface area contributed by atoms with Gasteiger partial charge < -0.3 is 10.5 Å². The van der Waals surface area contributed by atoms with E-state index in [2.05, 4.69) is 18.8 Å². The molecule has 0 radical (unpaired) electrons. The first kappa shape index (κ1) is 12.6. The van der Waals surface area contributed by atoms with Crippen molar-refractivity contribution in [2.45, 2.75) is 26.8 Å². The Kier molecular flexibility index (Phi) is 3.63. The van der Waals surface area contributed by atoms with E-state index in [0.29, 0.717) is 5.88 Å². The average Bonchev–Trinajstić information content (AvgIpc) is 2.34. The zero-order valence-corrected chi connectivity index (χ0v) is 11.0. The Hall–Kier alpha value is -1.87. The molecule has 0 fully saturated rings. The van der Waals surface area contributed by atoms with Gasteiger partial charge in [0.1, 0.15) is 5.75 Å². The molecule has 0 bridgehead atoms. The van der Waals surface area contributed by atoms with Gasteiger partial charge in [-0.25, -0.2) is 4.98 Å². The molecule has 1 heterocycles. The highest BCUT2D eigenvalue weighted by atomic mass is 16.5. The first-order valence-electron chi connectivity index (χ1n) is 6.03. The Morgan fingerprint density at radius 1 is 1.11 bits per heavy atom. The number of ether oxygens (including phenoxy) is 1. The maximum Gasteiger partial charge on any atom is 0.219 e. The first-order chi connectivity index (χ1) is 8.56. The Labute approximate surface area is 108 Å². The highest BCUT2D eigenvalue weighted by Gasteiger charge is 2.04. The smallest absolute Gasteiger partial charge is 0.219 e. The van der Waals surface area contributed by atoms with E-state index in [9.17, 15) is 0 Å². The third-order valence-electron chi connectivity index (χ3n) is 2.99. The Morgan fingerprint density at radius 3 is 2.56 bits per heavy atom. The first-order valence-corrected chi connectivity index (χ1v) is 6.03. The Bertz CT molecular complexity index is 550. The van der Waals surface area contributed by atoms with Gasteiger partial charge in [0.25, 0.3) is 0 Å². The molecule has 1 aromatic carbocycles. The van der Waals surface area contributed by atoms with E-state index in [0.717, 1.165) is 11.3 Å². The average molecular weight is 242 g/mol. The van der Waals surface area contributed by atoms with Crippen molar-refractivity contribution in [3.8, 4) is 11.6 Å². The molecule has 0 spiro atoms. The molecule has 3 nitrogen and oxygen atoms in total. The molecule has 2 aromatic rings. The lowest BCUT2D eigenvalue weighted by Crippen LogP contribution is -2.05. The van der Waals surface area contributed by atoms with Crippen LogP contribution in [0.2, 0.25) is 0 Å². The number of aromatic nitrogens is 1. The zero-order valence-electron chi connectivity index (χ0n) is 11.0. The Balaban J connectivity index is 2.23. The van der Waals surface area contributed by atoms with Crippen LogP contribution in [-0.2, 0) is 0 Å². The minimum absolute atomic E-state index is 0.0184. The van der Waals surface area contributed by atoms with Gasteiger partial charge in [-0.05, 0) is 55.7 Å². The molecular formula is C15H18N2O. The second kappa shape index (κ2) is 5.19. The van der Waals surface area contributed by atoms with Crippen LogP contribution in [0.25, 0.3) is 0 Å². The molecular weight excluding hydrogens is 224 g/mol. The van der Waals surface area contributed by atoms with Crippen LogP contribution < -0.4 is 10.5 Å². The summed E-state index contributed by atoms with van der Waals surface area (Å²) in [5, 5.41) is 0. The van der Waals surface area contributed by atoms with Crippen molar-refractivity contribution in [2.75, 3.05) is 0 Å². The van der Waals surface area contributed by atoms with Gasteiger partial charge in [-0.3, -0.25) is 0 Å². The largest absolute Gasteiger partial charge is 0.439 e. The fraction of sp³-hybridized carbons (Fsp3) is 0.267. The molecule has 0 amide bonds. The summed E-state index contributed by atoms with van der Waals surface area (Å²) in [6.45, 7) is 6.08. The number of benzene rings is 1. The number of nitrogens with two attached hydrogens (primary N) is 1. The number of nitrogens with zero attached hydrogens (tertiary/aromatic N) is 1. The van der Waals surface area contributed by atoms with E-state index in [1.54, 1.807) is 6.20 Å². The van der Waals surface area contributed by atoms with Crippen LogP contribution in [0.15, 0.2) is 36.5 Å². The van der Waals surface area contributed by atoms with Gasteiger partial charge in [0.05, 0.1) is 0 Å². The van der Waals surface area contributed by atoms with E-state index in [4.69, 9.17) is 10.5 Å². The fourth-order valence-electron chi connectivity index (χ4n) is 1.66. The number of hydrogen-bond acceptors (Lipinski definition) is 3. The van der Waals surface area contributed by atoms with E-state index in [1.807, 2.05) is 37.3 Å². The van der Waals surface area contributed by atoms with Gasteiger partial charge in [-0.1, -0.05) is 6.07 Å². The SMILES string of the molecule is Cc1ccc(Oc2cc([C@@H](C)N)ccn2)cc1C. The summed E-state index contributed by atoms with van der Waals surface area (Å²) >= 11 is 0. The van der Waals surface area contributed by atoms with Crippen LogP contribution in [0.4, 0.5) is 0 Å². The van der Waals surface area contributed by atoms with Gasteiger partial charge in [-0.2, -0.15) is 0 Å². The summed E-state index contributed by atoms with van der Waals surface area (Å²) in [6, 6.07) is 9.76. The van der Waals surface area contributed by atoms with Crippen molar-refractivity contribution < 1.29 is 4.74 Å². The molecule has 94 valence electrons. The fourth-order valence-corrected chi connectivity index (χ4v) is 1.66. The third-order valence-corrected chi connectivity index (χ3v) is 2.99. The van der Waals surface area contributed by atoms with Crippen LogP contribution in [0.5, 0.6) is 11.6 Å². The molecule has 1 atom stereocenters. The minimum Gasteiger partial charge on any atom is -0.439 e. The van der Waals surface area contributed by atoms with Crippen LogP contribution >= 0.6 is 0 Å². The third kappa shape index (κ3) is 2.87. The van der Waals surface area contributed by atoms with Crippen molar-refractivity contribution in [1.82, 2.24) is 4.98 Å². The lowest BCUT2D eigenvalue weighted by atomic mass is 10.1. The van der Waals surface area contributed by atoms with E-state index < -0.39 is 0 Å². The van der Waals surface area contributed by atoms with E-state index >= 15 is 0 Å². The summed E-state index contributed by atoms with van der Waals surface area (Å²) in [5.74, 6) is 1.38. The quantitative estimate of drug-likeness (QED) is 0.896. The minimum atomic E-state index is -0.0184. The van der Waals surface area contributed by atoms with Gasteiger partial charge >= 0.3 is 0 Å². The predicted octanol–water partition coefficient (Wildman–Crippen LogP) is 3.51. The summed E-state index contributed by atoms with van der Waals surface area (Å²) in [4.78, 5) is 4.19. The molecule has 0 aliphatic carbocycles. The van der Waals surface area contributed by atoms with Crippen molar-refractivity contribution in [3.63, 3.8) is 0 Å². The molecule has 0 saturated carbocycles. The normalized spacial score (nSPS) is 12.2. The molecule has 0 unspecified atom stereocenters. The lowest BCUT2D eigenvalue weighted by Gasteiger charge is -2.09. The highest BCUT2D eigenvalue weighted by molar-refractivity contribution is 5.36. The molecule has 2 rings (SSSR count). The lowest BCUT2D eigenvalue weighted by molar-refractivity contribution is 0.461. The van der Waals surface area contributed by atoms with Crippen molar-refractivity contribution in [3.05, 3.63) is 53.2 Å². The zero-order chi connectivity index (χ0) is 13.1. The summed E-state index contributed by atoms with van der Waals surface area (Å²) < 4.78 is 5.74. The van der Waals surface area contributed by atoms with Gasteiger partial charge in [0, 0.05) is 18.3 Å². The molecule has 18 heavy (non-hydrogen) atoms. The van der Waals surface area contributed by atoms with Crippen LogP contribution in [0.3, 0.4) is 0 Å². The maximum absolute atomic E-state index is 5.84. The van der Waals surface area contributed by atoms with E-state index in [-0.39, 0.29) is 6.04 Å². The summed E-state index contributed by atoms with van der Waals surface area (Å²) in [6.07, 6.45) is 1.72. The van der Waals surface area contributed by atoms with Crippen LogP contribution in [0, 0.1) is 13.8 Å². The van der Waals surface area contributed by atoms with Gasteiger partial charge in [0.15, 0.2) is 0 Å². The molecule has 2 N–H and O–H groups in total.